The molecule has 0 spiro atoms. The predicted molar refractivity (Wildman–Crippen MR) is 61.7 cm³/mol. The molecule has 0 saturated carbocycles. The molecular weight excluding hydrogens is 222 g/mol. The molecule has 0 bridgehead atoms. The number of fused-ring (bicyclic) bond motifs is 1. The van der Waals surface area contributed by atoms with Crippen LogP contribution in [0.4, 0.5) is 0 Å². The van der Waals surface area contributed by atoms with Gasteiger partial charge in [-0.25, -0.2) is 0 Å². The highest BCUT2D eigenvalue weighted by molar-refractivity contribution is 6.02. The Morgan fingerprint density at radius 2 is 2.29 bits per heavy atom. The van der Waals surface area contributed by atoms with E-state index in [1.165, 1.54) is 6.08 Å². The van der Waals surface area contributed by atoms with Gasteiger partial charge >= 0.3 is 0 Å². The largest absolute Gasteiger partial charge is 0.454 e. The number of carbonyl (C=O) groups excluding carboxylic acids is 1. The average molecular weight is 233 g/mol. The molecule has 0 atom stereocenters. The summed E-state index contributed by atoms with van der Waals surface area (Å²) < 4.78 is 10.5. The summed E-state index contributed by atoms with van der Waals surface area (Å²) in [4.78, 5) is 11.2. The minimum absolute atomic E-state index is 0.180. The van der Waals surface area contributed by atoms with Crippen molar-refractivity contribution in [3.63, 3.8) is 0 Å². The molecule has 88 valence electrons. The molecular formula is C11H11N3O3. The molecule has 1 aliphatic heterocycles. The van der Waals surface area contributed by atoms with E-state index in [0.717, 1.165) is 5.56 Å². The van der Waals surface area contributed by atoms with Gasteiger partial charge in [0.1, 0.15) is 0 Å². The number of nitrogens with one attached hydrogen (secondary N) is 2. The van der Waals surface area contributed by atoms with Crippen LogP contribution in [-0.4, -0.2) is 18.7 Å². The first kappa shape index (κ1) is 11.0. The number of ether oxygens (including phenoxy) is 2. The molecule has 2 rings (SSSR count). The van der Waals surface area contributed by atoms with Gasteiger partial charge in [0.05, 0.1) is 0 Å². The number of benzene rings is 1. The third-order valence-corrected chi connectivity index (χ3v) is 2.10. The maximum absolute atomic E-state index is 11.2. The van der Waals surface area contributed by atoms with Crippen molar-refractivity contribution < 1.29 is 14.3 Å². The van der Waals surface area contributed by atoms with E-state index >= 15 is 0 Å². The molecule has 1 aromatic carbocycles. The Morgan fingerprint density at radius 1 is 1.47 bits per heavy atom. The lowest BCUT2D eigenvalue weighted by Crippen LogP contribution is -2.34. The lowest BCUT2D eigenvalue weighted by Gasteiger charge is -2.00. The molecule has 1 amide bonds. The summed E-state index contributed by atoms with van der Waals surface area (Å²) in [6, 6.07) is 5.39. The number of carbonyl (C=O) groups is 1. The highest BCUT2D eigenvalue weighted by Gasteiger charge is 2.15. The quantitative estimate of drug-likeness (QED) is 0.392. The summed E-state index contributed by atoms with van der Waals surface area (Å²) in [5, 5.41) is 9.04. The fourth-order valence-corrected chi connectivity index (χ4v) is 1.42. The Kier molecular flexibility index (Phi) is 2.95. The normalized spacial score (nSPS) is 12.7. The van der Waals surface area contributed by atoms with Gasteiger partial charge in [-0.05, 0) is 12.1 Å². The maximum Gasteiger partial charge on any atom is 0.250 e. The van der Waals surface area contributed by atoms with E-state index in [0.29, 0.717) is 11.5 Å². The van der Waals surface area contributed by atoms with E-state index in [-0.39, 0.29) is 6.79 Å². The third kappa shape index (κ3) is 2.54. The second-order valence-corrected chi connectivity index (χ2v) is 3.32. The molecule has 1 heterocycles. The summed E-state index contributed by atoms with van der Waals surface area (Å²) >= 11 is 0. The van der Waals surface area contributed by atoms with Crippen molar-refractivity contribution in [1.82, 2.24) is 5.32 Å². The molecule has 1 aromatic rings. The number of para-hydroxylation sites is 1. The van der Waals surface area contributed by atoms with E-state index in [1.807, 2.05) is 0 Å². The van der Waals surface area contributed by atoms with Crippen LogP contribution in [0.3, 0.4) is 0 Å². The molecule has 0 radical (unpaired) electrons. The number of guanidine groups is 1. The molecule has 0 fully saturated rings. The van der Waals surface area contributed by atoms with Crippen molar-refractivity contribution in [3.05, 3.63) is 29.8 Å². The Hall–Kier alpha value is -2.50. The van der Waals surface area contributed by atoms with E-state index in [4.69, 9.17) is 20.6 Å². The van der Waals surface area contributed by atoms with Gasteiger partial charge in [-0.2, -0.15) is 0 Å². The van der Waals surface area contributed by atoms with Gasteiger partial charge in [-0.3, -0.25) is 15.5 Å². The second kappa shape index (κ2) is 4.56. The minimum atomic E-state index is -0.464. The summed E-state index contributed by atoms with van der Waals surface area (Å²) in [5.41, 5.74) is 5.76. The summed E-state index contributed by atoms with van der Waals surface area (Å²) in [7, 11) is 0. The second-order valence-electron chi connectivity index (χ2n) is 3.32. The molecule has 6 heteroatoms. The average Bonchev–Trinajstić information content (AvgIpc) is 2.73. The van der Waals surface area contributed by atoms with Gasteiger partial charge in [-0.1, -0.05) is 12.1 Å². The van der Waals surface area contributed by atoms with Crippen LogP contribution in [0, 0.1) is 5.41 Å². The molecule has 17 heavy (non-hydrogen) atoms. The Balaban J connectivity index is 2.14. The van der Waals surface area contributed by atoms with Gasteiger partial charge in [0.15, 0.2) is 17.5 Å². The highest BCUT2D eigenvalue weighted by atomic mass is 16.7. The van der Waals surface area contributed by atoms with Crippen molar-refractivity contribution in [2.45, 2.75) is 0 Å². The van der Waals surface area contributed by atoms with Gasteiger partial charge in [0, 0.05) is 11.6 Å². The fourth-order valence-electron chi connectivity index (χ4n) is 1.42. The van der Waals surface area contributed by atoms with Crippen LogP contribution in [-0.2, 0) is 4.79 Å². The van der Waals surface area contributed by atoms with Crippen LogP contribution in [0.2, 0.25) is 0 Å². The predicted octanol–water partition coefficient (Wildman–Crippen LogP) is 0.438. The summed E-state index contributed by atoms with van der Waals surface area (Å²) in [6.07, 6.45) is 2.85. The summed E-state index contributed by atoms with van der Waals surface area (Å²) in [6.45, 7) is 0.180. The zero-order valence-corrected chi connectivity index (χ0v) is 8.90. The molecule has 0 aliphatic carbocycles. The number of hydrogen-bond acceptors (Lipinski definition) is 4. The van der Waals surface area contributed by atoms with Crippen molar-refractivity contribution in [2.75, 3.05) is 6.79 Å². The SMILES string of the molecule is N=C(N)NC(=O)/C=C/c1cccc2c1OCO2. The lowest BCUT2D eigenvalue weighted by molar-refractivity contribution is -0.115. The van der Waals surface area contributed by atoms with Crippen LogP contribution in [0.25, 0.3) is 6.08 Å². The third-order valence-electron chi connectivity index (χ3n) is 2.10. The zero-order valence-electron chi connectivity index (χ0n) is 8.90. The van der Waals surface area contributed by atoms with Crippen molar-refractivity contribution in [1.29, 1.82) is 5.41 Å². The number of rotatable bonds is 2. The number of nitrogens with two attached hydrogens (primary N) is 1. The Morgan fingerprint density at radius 3 is 3.06 bits per heavy atom. The zero-order chi connectivity index (χ0) is 12.3. The van der Waals surface area contributed by atoms with Gasteiger partial charge in [0.25, 0.3) is 5.91 Å². The Bertz CT molecular complexity index is 497. The highest BCUT2D eigenvalue weighted by Crippen LogP contribution is 2.35. The van der Waals surface area contributed by atoms with Crippen LogP contribution in [0.1, 0.15) is 5.56 Å². The van der Waals surface area contributed by atoms with Crippen molar-refractivity contribution in [3.8, 4) is 11.5 Å². The van der Waals surface area contributed by atoms with E-state index in [9.17, 15) is 4.79 Å². The van der Waals surface area contributed by atoms with Crippen LogP contribution < -0.4 is 20.5 Å². The maximum atomic E-state index is 11.2. The number of amides is 1. The van der Waals surface area contributed by atoms with Gasteiger partial charge in [0.2, 0.25) is 6.79 Å². The first-order chi connectivity index (χ1) is 8.16. The topological polar surface area (TPSA) is 97.4 Å². The van der Waals surface area contributed by atoms with Crippen molar-refractivity contribution >= 4 is 17.9 Å². The molecule has 6 nitrogen and oxygen atoms in total. The number of hydrogen-bond donors (Lipinski definition) is 3. The molecule has 0 unspecified atom stereocenters. The fraction of sp³-hybridized carbons (Fsp3) is 0.0909. The molecule has 1 aliphatic rings. The van der Waals surface area contributed by atoms with Crippen LogP contribution >= 0.6 is 0 Å². The first-order valence-corrected chi connectivity index (χ1v) is 4.88. The van der Waals surface area contributed by atoms with E-state index in [2.05, 4.69) is 5.32 Å². The van der Waals surface area contributed by atoms with E-state index in [1.54, 1.807) is 24.3 Å². The van der Waals surface area contributed by atoms with Crippen molar-refractivity contribution in [2.24, 2.45) is 5.73 Å². The minimum Gasteiger partial charge on any atom is -0.454 e. The molecule has 0 saturated heterocycles. The Labute approximate surface area is 97.5 Å². The standard InChI is InChI=1S/C11H11N3O3/c12-11(13)14-9(15)5-4-7-2-1-3-8-10(7)17-6-16-8/h1-5H,6H2,(H4,12,13,14,15)/b5-4+. The van der Waals surface area contributed by atoms with Gasteiger partial charge in [-0.15, -0.1) is 0 Å². The lowest BCUT2D eigenvalue weighted by atomic mass is 10.1. The molecule has 0 aromatic heterocycles. The smallest absolute Gasteiger partial charge is 0.250 e. The van der Waals surface area contributed by atoms with Crippen LogP contribution in [0.5, 0.6) is 11.5 Å². The van der Waals surface area contributed by atoms with E-state index < -0.39 is 11.9 Å². The first-order valence-electron chi connectivity index (χ1n) is 4.88. The van der Waals surface area contributed by atoms with Crippen LogP contribution in [0.15, 0.2) is 24.3 Å². The monoisotopic (exact) mass is 233 g/mol. The van der Waals surface area contributed by atoms with Gasteiger partial charge < -0.3 is 15.2 Å². The summed E-state index contributed by atoms with van der Waals surface area (Å²) in [5.74, 6) is 0.407. The molecule has 4 N–H and O–H groups in total.